The van der Waals surface area contributed by atoms with Crippen LogP contribution in [0.1, 0.15) is 43.4 Å². The summed E-state index contributed by atoms with van der Waals surface area (Å²) in [7, 11) is 1.99. The van der Waals surface area contributed by atoms with Gasteiger partial charge in [-0.3, -0.25) is 9.67 Å². The summed E-state index contributed by atoms with van der Waals surface area (Å²) in [4.78, 5) is 5.01. The SMILES string of the molecule is Cn1cc2c(n1)CC1(CCCCC1)C(=NCc1ccccc1)N2. The average Bonchev–Trinajstić information content (AvgIpc) is 2.93. The lowest BCUT2D eigenvalue weighted by molar-refractivity contribution is 0.275. The van der Waals surface area contributed by atoms with Crippen LogP contribution in [0.5, 0.6) is 0 Å². The third kappa shape index (κ3) is 2.78. The Morgan fingerprint density at radius 1 is 1.17 bits per heavy atom. The van der Waals surface area contributed by atoms with Gasteiger partial charge in [0.2, 0.25) is 0 Å². The molecule has 4 heteroatoms. The first-order valence-electron chi connectivity index (χ1n) is 8.64. The van der Waals surface area contributed by atoms with Crippen LogP contribution in [0, 0.1) is 5.41 Å². The molecule has 120 valence electrons. The molecule has 1 saturated carbocycles. The molecule has 1 fully saturated rings. The second-order valence-electron chi connectivity index (χ2n) is 6.96. The predicted molar refractivity (Wildman–Crippen MR) is 93.6 cm³/mol. The van der Waals surface area contributed by atoms with Crippen molar-refractivity contribution in [1.29, 1.82) is 0 Å². The van der Waals surface area contributed by atoms with Crippen molar-refractivity contribution in [2.75, 3.05) is 5.32 Å². The van der Waals surface area contributed by atoms with Gasteiger partial charge in [0.25, 0.3) is 0 Å². The summed E-state index contributed by atoms with van der Waals surface area (Å²) < 4.78 is 1.91. The summed E-state index contributed by atoms with van der Waals surface area (Å²) >= 11 is 0. The topological polar surface area (TPSA) is 42.2 Å². The van der Waals surface area contributed by atoms with Gasteiger partial charge < -0.3 is 5.32 Å². The summed E-state index contributed by atoms with van der Waals surface area (Å²) in [5, 5.41) is 8.27. The van der Waals surface area contributed by atoms with Crippen LogP contribution in [0.25, 0.3) is 0 Å². The molecule has 0 unspecified atom stereocenters. The normalized spacial score (nSPS) is 21.2. The van der Waals surface area contributed by atoms with Crippen LogP contribution in [-0.4, -0.2) is 15.6 Å². The third-order valence-electron chi connectivity index (χ3n) is 5.24. The predicted octanol–water partition coefficient (Wildman–Crippen LogP) is 3.94. The zero-order valence-corrected chi connectivity index (χ0v) is 13.8. The fraction of sp³-hybridized carbons (Fsp3) is 0.474. The zero-order chi connectivity index (χ0) is 15.7. The van der Waals surface area contributed by atoms with Crippen molar-refractivity contribution in [2.45, 2.75) is 45.1 Å². The Morgan fingerprint density at radius 3 is 2.74 bits per heavy atom. The molecule has 0 amide bonds. The Kier molecular flexibility index (Phi) is 3.68. The number of hydrogen-bond acceptors (Lipinski definition) is 2. The van der Waals surface area contributed by atoms with Crippen LogP contribution in [0.4, 0.5) is 5.69 Å². The molecule has 2 heterocycles. The van der Waals surface area contributed by atoms with Crippen molar-refractivity contribution >= 4 is 11.5 Å². The Bertz CT molecular complexity index is 708. The molecule has 0 radical (unpaired) electrons. The van der Waals surface area contributed by atoms with Crippen molar-refractivity contribution in [3.8, 4) is 0 Å². The van der Waals surface area contributed by atoms with E-state index in [-0.39, 0.29) is 5.41 Å². The number of nitrogens with one attached hydrogen (secondary N) is 1. The van der Waals surface area contributed by atoms with Gasteiger partial charge in [0.05, 0.1) is 17.9 Å². The van der Waals surface area contributed by atoms with Gasteiger partial charge in [-0.2, -0.15) is 5.10 Å². The first-order chi connectivity index (χ1) is 11.3. The van der Waals surface area contributed by atoms with Crippen LogP contribution < -0.4 is 5.32 Å². The molecule has 4 nitrogen and oxygen atoms in total. The molecule has 0 bridgehead atoms. The minimum Gasteiger partial charge on any atom is -0.341 e. The molecule has 2 aromatic rings. The second-order valence-corrected chi connectivity index (χ2v) is 6.96. The van der Waals surface area contributed by atoms with Gasteiger partial charge in [0.15, 0.2) is 0 Å². The maximum Gasteiger partial charge on any atom is 0.108 e. The van der Waals surface area contributed by atoms with E-state index in [1.54, 1.807) is 0 Å². The maximum absolute atomic E-state index is 5.01. The fourth-order valence-corrected chi connectivity index (χ4v) is 4.04. The minimum atomic E-state index is 0.175. The Labute approximate surface area is 137 Å². The monoisotopic (exact) mass is 308 g/mol. The molecule has 1 aliphatic heterocycles. The highest BCUT2D eigenvalue weighted by Gasteiger charge is 2.42. The first kappa shape index (κ1) is 14.5. The molecule has 0 atom stereocenters. The van der Waals surface area contributed by atoms with E-state index in [4.69, 9.17) is 4.99 Å². The zero-order valence-electron chi connectivity index (χ0n) is 13.8. The smallest absolute Gasteiger partial charge is 0.108 e. The number of aryl methyl sites for hydroxylation is 1. The second kappa shape index (κ2) is 5.84. The number of benzene rings is 1. The van der Waals surface area contributed by atoms with E-state index in [2.05, 4.69) is 46.9 Å². The number of fused-ring (bicyclic) bond motifs is 1. The molecular weight excluding hydrogens is 284 g/mol. The highest BCUT2D eigenvalue weighted by molar-refractivity contribution is 6.02. The Morgan fingerprint density at radius 2 is 1.96 bits per heavy atom. The lowest BCUT2D eigenvalue weighted by atomic mass is 9.68. The number of amidine groups is 1. The summed E-state index contributed by atoms with van der Waals surface area (Å²) in [6.45, 7) is 0.751. The van der Waals surface area contributed by atoms with E-state index in [0.29, 0.717) is 0 Å². The number of rotatable bonds is 2. The lowest BCUT2D eigenvalue weighted by Crippen LogP contribution is -2.43. The number of aliphatic imine (C=N–C) groups is 1. The number of hydrogen-bond donors (Lipinski definition) is 1. The summed E-state index contributed by atoms with van der Waals surface area (Å²) in [5.74, 6) is 1.18. The highest BCUT2D eigenvalue weighted by Crippen LogP contribution is 2.44. The van der Waals surface area contributed by atoms with Crippen molar-refractivity contribution < 1.29 is 0 Å². The number of anilines is 1. The molecule has 4 rings (SSSR count). The van der Waals surface area contributed by atoms with Gasteiger partial charge in [-0.1, -0.05) is 49.6 Å². The lowest BCUT2D eigenvalue weighted by Gasteiger charge is -2.41. The molecule has 23 heavy (non-hydrogen) atoms. The van der Waals surface area contributed by atoms with Crippen molar-refractivity contribution in [1.82, 2.24) is 9.78 Å². The van der Waals surface area contributed by atoms with Crippen LogP contribution in [-0.2, 0) is 20.0 Å². The maximum atomic E-state index is 5.01. The van der Waals surface area contributed by atoms with E-state index in [1.807, 2.05) is 11.7 Å². The van der Waals surface area contributed by atoms with E-state index < -0.39 is 0 Å². The first-order valence-corrected chi connectivity index (χ1v) is 8.64. The van der Waals surface area contributed by atoms with Crippen molar-refractivity contribution in [3.05, 3.63) is 47.8 Å². The minimum absolute atomic E-state index is 0.175. The largest absolute Gasteiger partial charge is 0.341 e. The van der Waals surface area contributed by atoms with Crippen LogP contribution in [0.15, 0.2) is 41.5 Å². The number of aromatic nitrogens is 2. The van der Waals surface area contributed by atoms with E-state index in [0.717, 1.165) is 18.7 Å². The van der Waals surface area contributed by atoms with Gasteiger partial charge in [-0.25, -0.2) is 0 Å². The quantitative estimate of drug-likeness (QED) is 0.913. The molecular formula is C19H24N4. The molecule has 1 N–H and O–H groups in total. The van der Waals surface area contributed by atoms with Gasteiger partial charge in [-0.15, -0.1) is 0 Å². The highest BCUT2D eigenvalue weighted by atomic mass is 15.3. The fourth-order valence-electron chi connectivity index (χ4n) is 4.04. The van der Waals surface area contributed by atoms with Crippen LogP contribution >= 0.6 is 0 Å². The van der Waals surface area contributed by atoms with Gasteiger partial charge in [0, 0.05) is 25.1 Å². The van der Waals surface area contributed by atoms with Gasteiger partial charge in [0.1, 0.15) is 5.84 Å². The van der Waals surface area contributed by atoms with E-state index in [9.17, 15) is 0 Å². The van der Waals surface area contributed by atoms with Crippen molar-refractivity contribution in [2.24, 2.45) is 17.5 Å². The van der Waals surface area contributed by atoms with Crippen molar-refractivity contribution in [3.63, 3.8) is 0 Å². The average molecular weight is 308 g/mol. The molecule has 1 aliphatic carbocycles. The van der Waals surface area contributed by atoms with E-state index >= 15 is 0 Å². The number of nitrogens with zero attached hydrogens (tertiary/aromatic N) is 3. The summed E-state index contributed by atoms with van der Waals surface area (Å²) in [6, 6.07) is 10.5. The Balaban J connectivity index is 1.67. The molecule has 1 spiro atoms. The van der Waals surface area contributed by atoms with Crippen LogP contribution in [0.2, 0.25) is 0 Å². The molecule has 1 aromatic carbocycles. The van der Waals surface area contributed by atoms with Gasteiger partial charge in [-0.05, 0) is 18.4 Å². The standard InChI is InChI=1S/C19H24N4/c1-23-14-17-16(22-23)12-19(10-6-3-7-11-19)18(21-17)20-13-15-8-4-2-5-9-15/h2,4-5,8-9,14H,3,6-7,10-13H2,1H3,(H,20,21). The molecule has 2 aliphatic rings. The summed E-state index contributed by atoms with van der Waals surface area (Å²) in [5.41, 5.74) is 3.78. The van der Waals surface area contributed by atoms with E-state index in [1.165, 1.54) is 49.2 Å². The molecule has 0 saturated heterocycles. The summed E-state index contributed by atoms with van der Waals surface area (Å²) in [6.07, 6.45) is 9.51. The molecule has 1 aromatic heterocycles. The van der Waals surface area contributed by atoms with Gasteiger partial charge >= 0.3 is 0 Å². The van der Waals surface area contributed by atoms with Crippen LogP contribution in [0.3, 0.4) is 0 Å². The third-order valence-corrected chi connectivity index (χ3v) is 5.24. The Hall–Kier alpha value is -2.10.